The van der Waals surface area contributed by atoms with Gasteiger partial charge in [-0.1, -0.05) is 66.2 Å². The molecule has 0 aromatic heterocycles. The zero-order valence-electron chi connectivity index (χ0n) is 10.6. The summed E-state index contributed by atoms with van der Waals surface area (Å²) in [6.07, 6.45) is 2.07. The highest BCUT2D eigenvalue weighted by Crippen LogP contribution is 2.20. The summed E-state index contributed by atoms with van der Waals surface area (Å²) in [5.41, 5.74) is 2.69. The zero-order valence-corrected chi connectivity index (χ0v) is 11.4. The van der Waals surface area contributed by atoms with Gasteiger partial charge in [0.15, 0.2) is 0 Å². The molecule has 0 aliphatic heterocycles. The van der Waals surface area contributed by atoms with Crippen molar-refractivity contribution < 1.29 is 0 Å². The highest BCUT2D eigenvalue weighted by atomic mass is 35.5. The summed E-state index contributed by atoms with van der Waals surface area (Å²) in [5, 5.41) is 3.48. The van der Waals surface area contributed by atoms with E-state index in [1.54, 1.807) is 0 Å². The zero-order chi connectivity index (χ0) is 13.1. The molecule has 0 spiro atoms. The van der Waals surface area contributed by atoms with Crippen LogP contribution < -0.4 is 0 Å². The van der Waals surface area contributed by atoms with Crippen molar-refractivity contribution in [2.75, 3.05) is 0 Å². The minimum atomic E-state index is 0.815. The molecule has 0 fully saturated rings. The van der Waals surface area contributed by atoms with Crippen LogP contribution in [-0.2, 0) is 12.8 Å². The van der Waals surface area contributed by atoms with Gasteiger partial charge in [-0.25, -0.2) is 0 Å². The van der Waals surface area contributed by atoms with Gasteiger partial charge in [-0.2, -0.15) is 0 Å². The second kappa shape index (κ2) is 5.46. The third-order valence-electron chi connectivity index (χ3n) is 3.45. The largest absolute Gasteiger partial charge is 0.0843 e. The van der Waals surface area contributed by atoms with E-state index in [1.807, 2.05) is 18.2 Å². The smallest absolute Gasteiger partial charge is 0.0408 e. The molecule has 3 aromatic rings. The molecule has 0 N–H and O–H groups in total. The Kier molecular flexibility index (Phi) is 3.52. The molecule has 0 aliphatic rings. The molecule has 0 amide bonds. The quantitative estimate of drug-likeness (QED) is 0.605. The Hall–Kier alpha value is -1.79. The van der Waals surface area contributed by atoms with Gasteiger partial charge in [0.25, 0.3) is 0 Å². The van der Waals surface area contributed by atoms with E-state index in [1.165, 1.54) is 21.9 Å². The van der Waals surface area contributed by atoms with E-state index >= 15 is 0 Å². The normalized spacial score (nSPS) is 10.8. The summed E-state index contributed by atoms with van der Waals surface area (Å²) >= 11 is 6.02. The lowest BCUT2D eigenvalue weighted by molar-refractivity contribution is 0.969. The highest BCUT2D eigenvalue weighted by Gasteiger charge is 2.01. The first-order valence-corrected chi connectivity index (χ1v) is 6.92. The van der Waals surface area contributed by atoms with Gasteiger partial charge in [-0.3, -0.25) is 0 Å². The number of hydrogen-bond acceptors (Lipinski definition) is 0. The molecule has 0 saturated carbocycles. The number of aryl methyl sites for hydroxylation is 2. The molecule has 0 aliphatic carbocycles. The lowest BCUT2D eigenvalue weighted by Crippen LogP contribution is -1.92. The summed E-state index contributed by atoms with van der Waals surface area (Å²) in [4.78, 5) is 0. The minimum Gasteiger partial charge on any atom is -0.0843 e. The fourth-order valence-corrected chi connectivity index (χ4v) is 2.69. The second-order valence-corrected chi connectivity index (χ2v) is 5.20. The van der Waals surface area contributed by atoms with Gasteiger partial charge < -0.3 is 0 Å². The van der Waals surface area contributed by atoms with Crippen LogP contribution in [0.1, 0.15) is 11.1 Å². The molecule has 0 radical (unpaired) electrons. The number of fused-ring (bicyclic) bond motifs is 1. The van der Waals surface area contributed by atoms with Gasteiger partial charge in [-0.05, 0) is 46.9 Å². The van der Waals surface area contributed by atoms with Crippen molar-refractivity contribution in [2.24, 2.45) is 0 Å². The predicted molar refractivity (Wildman–Crippen MR) is 82.8 cm³/mol. The Morgan fingerprint density at radius 1 is 0.737 bits per heavy atom. The standard InChI is InChI=1S/C18H15Cl/c19-17-9-3-5-14(13-17)11-12-16-8-4-7-15-6-1-2-10-18(15)16/h1-10,13H,11-12H2. The van der Waals surface area contributed by atoms with Crippen molar-refractivity contribution in [2.45, 2.75) is 12.8 Å². The lowest BCUT2D eigenvalue weighted by atomic mass is 9.99. The fraction of sp³-hybridized carbons (Fsp3) is 0.111. The maximum absolute atomic E-state index is 6.02. The van der Waals surface area contributed by atoms with Crippen LogP contribution in [0.2, 0.25) is 5.02 Å². The molecule has 1 heteroatoms. The van der Waals surface area contributed by atoms with Gasteiger partial charge in [0.1, 0.15) is 0 Å². The van der Waals surface area contributed by atoms with Crippen LogP contribution in [0.15, 0.2) is 66.7 Å². The lowest BCUT2D eigenvalue weighted by Gasteiger charge is -2.07. The van der Waals surface area contributed by atoms with E-state index in [4.69, 9.17) is 11.6 Å². The first kappa shape index (κ1) is 12.3. The van der Waals surface area contributed by atoms with E-state index in [-0.39, 0.29) is 0 Å². The molecule has 94 valence electrons. The van der Waals surface area contributed by atoms with Crippen LogP contribution >= 0.6 is 11.6 Å². The molecule has 3 rings (SSSR count). The van der Waals surface area contributed by atoms with Gasteiger partial charge in [0, 0.05) is 5.02 Å². The van der Waals surface area contributed by atoms with Gasteiger partial charge >= 0.3 is 0 Å². The molecular weight excluding hydrogens is 252 g/mol. The molecule has 0 atom stereocenters. The molecule has 0 nitrogen and oxygen atoms in total. The fourth-order valence-electron chi connectivity index (χ4n) is 2.48. The Balaban J connectivity index is 1.86. The maximum Gasteiger partial charge on any atom is 0.0408 e. The Bertz CT molecular complexity index is 695. The molecule has 0 heterocycles. The topological polar surface area (TPSA) is 0 Å². The third-order valence-corrected chi connectivity index (χ3v) is 3.69. The van der Waals surface area contributed by atoms with Crippen LogP contribution in [0.5, 0.6) is 0 Å². The van der Waals surface area contributed by atoms with E-state index in [0.717, 1.165) is 17.9 Å². The van der Waals surface area contributed by atoms with Crippen molar-refractivity contribution in [1.29, 1.82) is 0 Å². The third kappa shape index (κ3) is 2.80. The van der Waals surface area contributed by atoms with Crippen molar-refractivity contribution in [3.8, 4) is 0 Å². The van der Waals surface area contributed by atoms with E-state index < -0.39 is 0 Å². The molecule has 0 bridgehead atoms. The number of rotatable bonds is 3. The van der Waals surface area contributed by atoms with Gasteiger partial charge in [0.2, 0.25) is 0 Å². The molecular formula is C18H15Cl. The van der Waals surface area contributed by atoms with E-state index in [9.17, 15) is 0 Å². The van der Waals surface area contributed by atoms with Crippen molar-refractivity contribution in [3.05, 3.63) is 82.9 Å². The highest BCUT2D eigenvalue weighted by molar-refractivity contribution is 6.30. The molecule has 0 saturated heterocycles. The average molecular weight is 267 g/mol. The van der Waals surface area contributed by atoms with Crippen molar-refractivity contribution >= 4 is 22.4 Å². The minimum absolute atomic E-state index is 0.815. The monoisotopic (exact) mass is 266 g/mol. The van der Waals surface area contributed by atoms with E-state index in [2.05, 4.69) is 48.5 Å². The summed E-state index contributed by atoms with van der Waals surface area (Å²) in [6, 6.07) is 23.2. The number of halogens is 1. The summed E-state index contributed by atoms with van der Waals surface area (Å²) in [6.45, 7) is 0. The molecule has 3 aromatic carbocycles. The van der Waals surface area contributed by atoms with Crippen LogP contribution in [0.4, 0.5) is 0 Å². The Morgan fingerprint density at radius 3 is 2.42 bits per heavy atom. The van der Waals surface area contributed by atoms with Crippen LogP contribution in [0, 0.1) is 0 Å². The van der Waals surface area contributed by atoms with Crippen LogP contribution in [0.25, 0.3) is 10.8 Å². The summed E-state index contributed by atoms with van der Waals surface area (Å²) in [5.74, 6) is 0. The van der Waals surface area contributed by atoms with Gasteiger partial charge in [-0.15, -0.1) is 0 Å². The molecule has 0 unspecified atom stereocenters. The summed E-state index contributed by atoms with van der Waals surface area (Å²) < 4.78 is 0. The first-order chi connectivity index (χ1) is 9.33. The van der Waals surface area contributed by atoms with Crippen molar-refractivity contribution in [1.82, 2.24) is 0 Å². The molecule has 19 heavy (non-hydrogen) atoms. The maximum atomic E-state index is 6.02. The Morgan fingerprint density at radius 2 is 1.53 bits per heavy atom. The van der Waals surface area contributed by atoms with Crippen LogP contribution in [-0.4, -0.2) is 0 Å². The number of benzene rings is 3. The van der Waals surface area contributed by atoms with E-state index in [0.29, 0.717) is 0 Å². The second-order valence-electron chi connectivity index (χ2n) is 4.77. The SMILES string of the molecule is Clc1cccc(CCc2cccc3ccccc23)c1. The predicted octanol–water partition coefficient (Wildman–Crippen LogP) is 5.28. The summed E-state index contributed by atoms with van der Waals surface area (Å²) in [7, 11) is 0. The first-order valence-electron chi connectivity index (χ1n) is 6.54. The van der Waals surface area contributed by atoms with Crippen LogP contribution in [0.3, 0.4) is 0 Å². The Labute approximate surface area is 118 Å². The average Bonchev–Trinajstić information content (AvgIpc) is 2.45. The van der Waals surface area contributed by atoms with Crippen molar-refractivity contribution in [3.63, 3.8) is 0 Å². The number of hydrogen-bond donors (Lipinski definition) is 0. The van der Waals surface area contributed by atoms with Gasteiger partial charge in [0.05, 0.1) is 0 Å².